The number of methoxy groups -OCH3 is 1. The van der Waals surface area contributed by atoms with Crippen LogP contribution in [0.1, 0.15) is 23.4 Å². The molecule has 3 aromatic rings. The topological polar surface area (TPSA) is 55.6 Å². The molecule has 0 bridgehead atoms. The molecule has 0 unspecified atom stereocenters. The van der Waals surface area contributed by atoms with Crippen molar-refractivity contribution in [3.63, 3.8) is 0 Å². The van der Waals surface area contributed by atoms with Crippen LogP contribution in [0.4, 0.5) is 0 Å². The average Bonchev–Trinajstić information content (AvgIpc) is 2.95. The first kappa shape index (κ1) is 17.0. The maximum Gasteiger partial charge on any atom is 0.220 e. The molecule has 0 fully saturated rings. The van der Waals surface area contributed by atoms with Crippen molar-refractivity contribution in [3.8, 4) is 5.75 Å². The molecule has 0 spiro atoms. The number of nitrogens with zero attached hydrogens (tertiary/aromatic N) is 2. The summed E-state index contributed by atoms with van der Waals surface area (Å²) in [6.07, 6.45) is 3.95. The molecule has 0 aliphatic heterocycles. The second kappa shape index (κ2) is 7.83. The Morgan fingerprint density at radius 2 is 1.96 bits per heavy atom. The number of aryl methyl sites for hydroxylation is 2. The van der Waals surface area contributed by atoms with Crippen LogP contribution in [0.15, 0.2) is 48.7 Å². The van der Waals surface area contributed by atoms with Crippen molar-refractivity contribution in [1.29, 1.82) is 0 Å². The number of carbonyl (C=O) groups is 1. The minimum Gasteiger partial charge on any atom is -0.497 e. The molecule has 5 nitrogen and oxygen atoms in total. The van der Waals surface area contributed by atoms with Crippen LogP contribution in [0.2, 0.25) is 0 Å². The second-order valence-corrected chi connectivity index (χ2v) is 6.02. The van der Waals surface area contributed by atoms with Crippen LogP contribution >= 0.6 is 0 Å². The van der Waals surface area contributed by atoms with E-state index in [0.29, 0.717) is 19.4 Å². The lowest BCUT2D eigenvalue weighted by Crippen LogP contribution is -2.26. The van der Waals surface area contributed by atoms with Crippen LogP contribution < -0.4 is 10.1 Å². The fraction of sp³-hybridized carbons (Fsp3) is 0.300. The van der Waals surface area contributed by atoms with E-state index in [4.69, 9.17) is 4.74 Å². The van der Waals surface area contributed by atoms with Crippen molar-refractivity contribution in [2.45, 2.75) is 26.2 Å². The Labute approximate surface area is 147 Å². The van der Waals surface area contributed by atoms with E-state index in [9.17, 15) is 4.79 Å². The van der Waals surface area contributed by atoms with E-state index < -0.39 is 0 Å². The van der Waals surface area contributed by atoms with Gasteiger partial charge in [0.2, 0.25) is 5.91 Å². The van der Waals surface area contributed by atoms with Crippen LogP contribution in [-0.2, 0) is 17.6 Å². The minimum atomic E-state index is 0.0683. The molecular formula is C20H23N3O2. The van der Waals surface area contributed by atoms with E-state index in [1.165, 1.54) is 5.56 Å². The summed E-state index contributed by atoms with van der Waals surface area (Å²) >= 11 is 0. The molecule has 0 aliphatic carbocycles. The van der Waals surface area contributed by atoms with Gasteiger partial charge >= 0.3 is 0 Å². The van der Waals surface area contributed by atoms with Gasteiger partial charge in [-0.3, -0.25) is 4.79 Å². The van der Waals surface area contributed by atoms with Gasteiger partial charge in [-0.2, -0.15) is 0 Å². The van der Waals surface area contributed by atoms with Gasteiger partial charge in [-0.1, -0.05) is 18.2 Å². The van der Waals surface area contributed by atoms with E-state index >= 15 is 0 Å². The third-order valence-corrected chi connectivity index (χ3v) is 4.31. The molecule has 0 saturated carbocycles. The lowest BCUT2D eigenvalue weighted by Gasteiger charge is -2.07. The summed E-state index contributed by atoms with van der Waals surface area (Å²) in [5.41, 5.74) is 4.19. The SMILES string of the molecule is COc1ccc(CCNC(=O)CCc2c(C)nc3ccccn23)cc1. The van der Waals surface area contributed by atoms with Crippen LogP contribution in [0, 0.1) is 6.92 Å². The van der Waals surface area contributed by atoms with Gasteiger partial charge in [0.1, 0.15) is 11.4 Å². The highest BCUT2D eigenvalue weighted by molar-refractivity contribution is 5.76. The fourth-order valence-electron chi connectivity index (χ4n) is 2.92. The van der Waals surface area contributed by atoms with Crippen LogP contribution in [-0.4, -0.2) is 28.9 Å². The first-order chi connectivity index (χ1) is 12.2. The Morgan fingerprint density at radius 1 is 1.16 bits per heavy atom. The number of hydrogen-bond acceptors (Lipinski definition) is 3. The number of fused-ring (bicyclic) bond motifs is 1. The lowest BCUT2D eigenvalue weighted by atomic mass is 10.1. The highest BCUT2D eigenvalue weighted by Gasteiger charge is 2.10. The Hall–Kier alpha value is -2.82. The number of aromatic nitrogens is 2. The third kappa shape index (κ3) is 4.18. The maximum absolute atomic E-state index is 12.1. The molecule has 3 rings (SSSR count). The molecule has 1 aromatic carbocycles. The minimum absolute atomic E-state index is 0.0683. The highest BCUT2D eigenvalue weighted by atomic mass is 16.5. The van der Waals surface area contributed by atoms with Crippen molar-refractivity contribution in [2.75, 3.05) is 13.7 Å². The molecule has 5 heteroatoms. The number of pyridine rings is 1. The monoisotopic (exact) mass is 337 g/mol. The van der Waals surface area contributed by atoms with Gasteiger partial charge < -0.3 is 14.5 Å². The lowest BCUT2D eigenvalue weighted by molar-refractivity contribution is -0.121. The number of ether oxygens (including phenoxy) is 1. The highest BCUT2D eigenvalue weighted by Crippen LogP contribution is 2.14. The zero-order chi connectivity index (χ0) is 17.6. The standard InChI is InChI=1S/C20H23N3O2/c1-15-18(23-14-4-3-5-19(23)22-15)10-11-20(24)21-13-12-16-6-8-17(25-2)9-7-16/h3-9,14H,10-13H2,1-2H3,(H,21,24). The van der Waals surface area contributed by atoms with Gasteiger partial charge in [0.05, 0.1) is 12.8 Å². The summed E-state index contributed by atoms with van der Waals surface area (Å²) in [7, 11) is 1.65. The van der Waals surface area contributed by atoms with Gasteiger partial charge in [-0.15, -0.1) is 0 Å². The fourth-order valence-corrected chi connectivity index (χ4v) is 2.92. The summed E-state index contributed by atoms with van der Waals surface area (Å²) in [4.78, 5) is 16.6. The van der Waals surface area contributed by atoms with E-state index in [0.717, 1.165) is 29.2 Å². The summed E-state index contributed by atoms with van der Waals surface area (Å²) in [6, 6.07) is 13.8. The summed E-state index contributed by atoms with van der Waals surface area (Å²) in [5.74, 6) is 0.912. The molecule has 2 heterocycles. The van der Waals surface area contributed by atoms with Crippen molar-refractivity contribution in [2.24, 2.45) is 0 Å². The number of hydrogen-bond donors (Lipinski definition) is 1. The predicted octanol–water partition coefficient (Wildman–Crippen LogP) is 2.94. The first-order valence-corrected chi connectivity index (χ1v) is 8.49. The van der Waals surface area contributed by atoms with E-state index in [-0.39, 0.29) is 5.91 Å². The molecule has 2 aromatic heterocycles. The van der Waals surface area contributed by atoms with E-state index in [2.05, 4.69) is 14.7 Å². The Kier molecular flexibility index (Phi) is 5.33. The molecule has 0 aliphatic rings. The Balaban J connectivity index is 1.48. The normalized spacial score (nSPS) is 10.8. The molecular weight excluding hydrogens is 314 g/mol. The number of carbonyl (C=O) groups excluding carboxylic acids is 1. The van der Waals surface area contributed by atoms with Gasteiger partial charge in [0.25, 0.3) is 0 Å². The smallest absolute Gasteiger partial charge is 0.220 e. The average molecular weight is 337 g/mol. The molecule has 0 atom stereocenters. The van der Waals surface area contributed by atoms with Crippen molar-refractivity contribution >= 4 is 11.6 Å². The van der Waals surface area contributed by atoms with Gasteiger partial charge in [-0.05, 0) is 49.6 Å². The number of rotatable bonds is 7. The summed E-state index contributed by atoms with van der Waals surface area (Å²) < 4.78 is 7.20. The van der Waals surface area contributed by atoms with E-state index in [1.54, 1.807) is 7.11 Å². The molecule has 1 amide bonds. The van der Waals surface area contributed by atoms with Crippen LogP contribution in [0.5, 0.6) is 5.75 Å². The van der Waals surface area contributed by atoms with E-state index in [1.807, 2.05) is 55.6 Å². The van der Waals surface area contributed by atoms with Crippen molar-refractivity contribution in [1.82, 2.24) is 14.7 Å². The van der Waals surface area contributed by atoms with Crippen LogP contribution in [0.25, 0.3) is 5.65 Å². The van der Waals surface area contributed by atoms with Gasteiger partial charge in [0, 0.05) is 24.9 Å². The second-order valence-electron chi connectivity index (χ2n) is 6.02. The molecule has 0 radical (unpaired) electrons. The quantitative estimate of drug-likeness (QED) is 0.721. The number of imidazole rings is 1. The molecule has 1 N–H and O–H groups in total. The number of benzene rings is 1. The first-order valence-electron chi connectivity index (χ1n) is 8.49. The number of nitrogens with one attached hydrogen (secondary N) is 1. The number of amides is 1. The summed E-state index contributed by atoms with van der Waals surface area (Å²) in [5, 5.41) is 2.99. The zero-order valence-electron chi connectivity index (χ0n) is 14.7. The predicted molar refractivity (Wildman–Crippen MR) is 98.0 cm³/mol. The third-order valence-electron chi connectivity index (χ3n) is 4.31. The Morgan fingerprint density at radius 3 is 2.72 bits per heavy atom. The van der Waals surface area contributed by atoms with Gasteiger partial charge in [-0.25, -0.2) is 4.98 Å². The summed E-state index contributed by atoms with van der Waals surface area (Å²) in [6.45, 7) is 2.63. The molecule has 130 valence electrons. The zero-order valence-corrected chi connectivity index (χ0v) is 14.7. The molecule has 0 saturated heterocycles. The van der Waals surface area contributed by atoms with Crippen molar-refractivity contribution < 1.29 is 9.53 Å². The Bertz CT molecular complexity index is 853. The van der Waals surface area contributed by atoms with Gasteiger partial charge in [0.15, 0.2) is 0 Å². The molecule has 25 heavy (non-hydrogen) atoms. The largest absolute Gasteiger partial charge is 0.497 e. The maximum atomic E-state index is 12.1. The van der Waals surface area contributed by atoms with Crippen LogP contribution in [0.3, 0.4) is 0 Å². The van der Waals surface area contributed by atoms with Crippen molar-refractivity contribution in [3.05, 3.63) is 65.6 Å².